The van der Waals surface area contributed by atoms with Crippen LogP contribution in [0.15, 0.2) is 6.07 Å². The maximum absolute atomic E-state index is 11.3. The summed E-state index contributed by atoms with van der Waals surface area (Å²) in [5, 5.41) is 8.68. The average Bonchev–Trinajstić information content (AvgIpc) is 2.44. The third kappa shape index (κ3) is 2.18. The molecule has 1 N–H and O–H groups in total. The number of carboxylic acid groups (broad SMARTS) is 1. The minimum atomic E-state index is -0.937. The first kappa shape index (κ1) is 11.3. The predicted octanol–water partition coefficient (Wildman–Crippen LogP) is 0.976. The third-order valence-electron chi connectivity index (χ3n) is 2.27. The second-order valence-electron chi connectivity index (χ2n) is 3.26. The van der Waals surface area contributed by atoms with Crippen LogP contribution in [0.5, 0.6) is 0 Å². The molecule has 0 aliphatic heterocycles. The number of aryl methyl sites for hydroxylation is 1. The molecule has 0 saturated heterocycles. The van der Waals surface area contributed by atoms with Gasteiger partial charge in [-0.3, -0.25) is 4.79 Å². The molecule has 0 aromatic carbocycles. The number of carbonyl (C=O) groups is 2. The molecule has 0 aliphatic carbocycles. The van der Waals surface area contributed by atoms with Gasteiger partial charge in [-0.25, -0.2) is 4.79 Å². The standard InChI is InChI=1S/C10H13NO4/c1-6-4-8(10(14)15-3)7(2)11(6)5-9(12)13/h4H,5H2,1-3H3,(H,12,13). The van der Waals surface area contributed by atoms with E-state index in [1.165, 1.54) is 7.11 Å². The summed E-state index contributed by atoms with van der Waals surface area (Å²) < 4.78 is 6.15. The summed E-state index contributed by atoms with van der Waals surface area (Å²) in [7, 11) is 1.30. The van der Waals surface area contributed by atoms with Crippen LogP contribution < -0.4 is 0 Å². The van der Waals surface area contributed by atoms with Gasteiger partial charge in [0.05, 0.1) is 12.7 Å². The molecule has 0 amide bonds. The van der Waals surface area contributed by atoms with Gasteiger partial charge in [0.1, 0.15) is 6.54 Å². The van der Waals surface area contributed by atoms with Gasteiger partial charge >= 0.3 is 11.9 Å². The SMILES string of the molecule is COC(=O)c1cc(C)n(CC(=O)O)c1C. The first-order valence-corrected chi connectivity index (χ1v) is 4.44. The van der Waals surface area contributed by atoms with Crippen molar-refractivity contribution in [3.63, 3.8) is 0 Å². The van der Waals surface area contributed by atoms with Crippen molar-refractivity contribution in [2.24, 2.45) is 0 Å². The van der Waals surface area contributed by atoms with Crippen LogP contribution in [0, 0.1) is 13.8 Å². The van der Waals surface area contributed by atoms with Crippen molar-refractivity contribution in [2.75, 3.05) is 7.11 Å². The quantitative estimate of drug-likeness (QED) is 0.756. The van der Waals surface area contributed by atoms with E-state index in [1.54, 1.807) is 24.5 Å². The maximum atomic E-state index is 11.3. The molecule has 82 valence electrons. The average molecular weight is 211 g/mol. The largest absolute Gasteiger partial charge is 0.480 e. The van der Waals surface area contributed by atoms with Crippen molar-refractivity contribution in [1.29, 1.82) is 0 Å². The Morgan fingerprint density at radius 1 is 1.47 bits per heavy atom. The summed E-state index contributed by atoms with van der Waals surface area (Å²) in [6.07, 6.45) is 0. The molecular formula is C10H13NO4. The number of carbonyl (C=O) groups excluding carboxylic acids is 1. The highest BCUT2D eigenvalue weighted by atomic mass is 16.5. The molecule has 0 fully saturated rings. The van der Waals surface area contributed by atoms with Crippen molar-refractivity contribution in [1.82, 2.24) is 4.57 Å². The van der Waals surface area contributed by atoms with E-state index in [2.05, 4.69) is 4.74 Å². The van der Waals surface area contributed by atoms with E-state index < -0.39 is 11.9 Å². The lowest BCUT2D eigenvalue weighted by Gasteiger charge is -2.05. The molecule has 0 saturated carbocycles. The van der Waals surface area contributed by atoms with E-state index in [0.717, 1.165) is 5.69 Å². The van der Waals surface area contributed by atoms with Crippen LogP contribution in [-0.4, -0.2) is 28.7 Å². The van der Waals surface area contributed by atoms with Crippen molar-refractivity contribution in [2.45, 2.75) is 20.4 Å². The number of hydrogen-bond donors (Lipinski definition) is 1. The zero-order valence-electron chi connectivity index (χ0n) is 8.90. The lowest BCUT2D eigenvalue weighted by atomic mass is 10.2. The van der Waals surface area contributed by atoms with Gasteiger partial charge in [-0.1, -0.05) is 0 Å². The Hall–Kier alpha value is -1.78. The first-order valence-electron chi connectivity index (χ1n) is 4.44. The molecule has 5 heteroatoms. The Balaban J connectivity index is 3.14. The highest BCUT2D eigenvalue weighted by molar-refractivity contribution is 5.91. The smallest absolute Gasteiger partial charge is 0.339 e. The van der Waals surface area contributed by atoms with Crippen LogP contribution in [0.3, 0.4) is 0 Å². The van der Waals surface area contributed by atoms with Gasteiger partial charge in [-0.2, -0.15) is 0 Å². The Morgan fingerprint density at radius 2 is 2.07 bits per heavy atom. The van der Waals surface area contributed by atoms with Gasteiger partial charge in [0, 0.05) is 11.4 Å². The molecule has 0 spiro atoms. The molecule has 0 atom stereocenters. The zero-order valence-corrected chi connectivity index (χ0v) is 8.90. The summed E-state index contributed by atoms with van der Waals surface area (Å²) in [5.74, 6) is -1.38. The normalized spacial score (nSPS) is 10.1. The van der Waals surface area contributed by atoms with E-state index in [0.29, 0.717) is 11.3 Å². The highest BCUT2D eigenvalue weighted by Crippen LogP contribution is 2.15. The van der Waals surface area contributed by atoms with Crippen LogP contribution in [0.1, 0.15) is 21.7 Å². The summed E-state index contributed by atoms with van der Waals surface area (Å²) >= 11 is 0. The molecule has 1 heterocycles. The molecule has 1 aromatic heterocycles. The van der Waals surface area contributed by atoms with Crippen molar-refractivity contribution >= 4 is 11.9 Å². The minimum Gasteiger partial charge on any atom is -0.480 e. The molecule has 0 bridgehead atoms. The Morgan fingerprint density at radius 3 is 2.53 bits per heavy atom. The summed E-state index contributed by atoms with van der Waals surface area (Å²) in [6.45, 7) is 3.30. The van der Waals surface area contributed by atoms with E-state index in [-0.39, 0.29) is 6.54 Å². The van der Waals surface area contributed by atoms with Crippen LogP contribution in [0.4, 0.5) is 0 Å². The van der Waals surface area contributed by atoms with Crippen LogP contribution in [0.2, 0.25) is 0 Å². The summed E-state index contributed by atoms with van der Waals surface area (Å²) in [4.78, 5) is 21.9. The van der Waals surface area contributed by atoms with Gasteiger partial charge in [0.2, 0.25) is 0 Å². The number of hydrogen-bond acceptors (Lipinski definition) is 3. The van der Waals surface area contributed by atoms with Crippen LogP contribution in [-0.2, 0) is 16.1 Å². The molecule has 15 heavy (non-hydrogen) atoms. The molecule has 0 unspecified atom stereocenters. The third-order valence-corrected chi connectivity index (χ3v) is 2.27. The monoisotopic (exact) mass is 211 g/mol. The van der Waals surface area contributed by atoms with E-state index >= 15 is 0 Å². The molecule has 1 aromatic rings. The number of nitrogens with zero attached hydrogens (tertiary/aromatic N) is 1. The second kappa shape index (κ2) is 4.16. The van der Waals surface area contributed by atoms with Crippen molar-refractivity contribution in [3.8, 4) is 0 Å². The number of carboxylic acids is 1. The van der Waals surface area contributed by atoms with E-state index in [1.807, 2.05) is 0 Å². The number of aromatic nitrogens is 1. The Bertz CT molecular complexity index is 406. The fourth-order valence-electron chi connectivity index (χ4n) is 1.50. The topological polar surface area (TPSA) is 68.5 Å². The maximum Gasteiger partial charge on any atom is 0.339 e. The van der Waals surface area contributed by atoms with Crippen LogP contribution >= 0.6 is 0 Å². The van der Waals surface area contributed by atoms with E-state index in [4.69, 9.17) is 5.11 Å². The summed E-state index contributed by atoms with van der Waals surface area (Å²) in [6, 6.07) is 1.63. The Labute approximate surface area is 87.3 Å². The van der Waals surface area contributed by atoms with Gasteiger partial charge in [-0.15, -0.1) is 0 Å². The lowest BCUT2D eigenvalue weighted by molar-refractivity contribution is -0.137. The first-order chi connectivity index (χ1) is 6.97. The lowest BCUT2D eigenvalue weighted by Crippen LogP contribution is -2.12. The number of esters is 1. The van der Waals surface area contributed by atoms with Crippen molar-refractivity contribution < 1.29 is 19.4 Å². The molecule has 5 nitrogen and oxygen atoms in total. The van der Waals surface area contributed by atoms with E-state index in [9.17, 15) is 9.59 Å². The number of ether oxygens (including phenoxy) is 1. The van der Waals surface area contributed by atoms with Crippen molar-refractivity contribution in [3.05, 3.63) is 23.0 Å². The number of rotatable bonds is 3. The predicted molar refractivity (Wildman–Crippen MR) is 52.9 cm³/mol. The second-order valence-corrected chi connectivity index (χ2v) is 3.26. The van der Waals surface area contributed by atoms with Gasteiger partial charge in [0.15, 0.2) is 0 Å². The molecule has 0 radical (unpaired) electrons. The van der Waals surface area contributed by atoms with Gasteiger partial charge in [0.25, 0.3) is 0 Å². The molecular weight excluding hydrogens is 198 g/mol. The molecule has 0 aliphatic rings. The zero-order chi connectivity index (χ0) is 11.6. The number of methoxy groups -OCH3 is 1. The fraction of sp³-hybridized carbons (Fsp3) is 0.400. The van der Waals surface area contributed by atoms with Gasteiger partial charge in [-0.05, 0) is 19.9 Å². The highest BCUT2D eigenvalue weighted by Gasteiger charge is 2.16. The molecule has 1 rings (SSSR count). The van der Waals surface area contributed by atoms with Gasteiger partial charge < -0.3 is 14.4 Å². The minimum absolute atomic E-state index is 0.144. The fourth-order valence-corrected chi connectivity index (χ4v) is 1.50. The summed E-state index contributed by atoms with van der Waals surface area (Å²) in [5.41, 5.74) is 1.76. The Kier molecular flexibility index (Phi) is 3.14. The number of aliphatic carboxylic acids is 1. The van der Waals surface area contributed by atoms with Crippen LogP contribution in [0.25, 0.3) is 0 Å².